The molecule has 0 amide bonds. The SMILES string of the molecule is COC(=O)C1C(c2cccnc2)c2c([nH][nH]c2=O)CC1(C)O. The van der Waals surface area contributed by atoms with Gasteiger partial charge in [0.05, 0.1) is 18.6 Å². The summed E-state index contributed by atoms with van der Waals surface area (Å²) in [6.45, 7) is 1.58. The molecule has 0 bridgehead atoms. The van der Waals surface area contributed by atoms with Gasteiger partial charge in [-0.3, -0.25) is 19.7 Å². The van der Waals surface area contributed by atoms with Crippen molar-refractivity contribution in [2.24, 2.45) is 5.92 Å². The maximum Gasteiger partial charge on any atom is 0.312 e. The average Bonchev–Trinajstić information content (AvgIpc) is 2.85. The van der Waals surface area contributed by atoms with Gasteiger partial charge >= 0.3 is 5.97 Å². The van der Waals surface area contributed by atoms with Gasteiger partial charge in [-0.25, -0.2) is 0 Å². The van der Waals surface area contributed by atoms with Crippen LogP contribution in [0.1, 0.15) is 29.7 Å². The minimum absolute atomic E-state index is 0.164. The van der Waals surface area contributed by atoms with E-state index in [-0.39, 0.29) is 12.0 Å². The Morgan fingerprint density at radius 1 is 1.50 bits per heavy atom. The van der Waals surface area contributed by atoms with Gasteiger partial charge < -0.3 is 14.9 Å². The maximum atomic E-state index is 12.3. The molecule has 3 atom stereocenters. The molecule has 1 aliphatic carbocycles. The molecule has 0 aliphatic heterocycles. The Kier molecular flexibility index (Phi) is 3.37. The summed E-state index contributed by atoms with van der Waals surface area (Å²) in [6.07, 6.45) is 3.37. The molecule has 7 nitrogen and oxygen atoms in total. The zero-order valence-corrected chi connectivity index (χ0v) is 12.3. The van der Waals surface area contributed by atoms with Gasteiger partial charge in [0, 0.05) is 36.0 Å². The van der Waals surface area contributed by atoms with Gasteiger partial charge in [-0.2, -0.15) is 0 Å². The van der Waals surface area contributed by atoms with Crippen LogP contribution in [0.2, 0.25) is 0 Å². The Hall–Kier alpha value is -2.41. The van der Waals surface area contributed by atoms with Crippen LogP contribution in [0, 0.1) is 5.92 Å². The molecule has 0 radical (unpaired) electrons. The second kappa shape index (κ2) is 5.10. The van der Waals surface area contributed by atoms with Crippen molar-refractivity contribution < 1.29 is 14.6 Å². The summed E-state index contributed by atoms with van der Waals surface area (Å²) >= 11 is 0. The lowest BCUT2D eigenvalue weighted by Gasteiger charge is -2.40. The second-order valence-electron chi connectivity index (χ2n) is 5.77. The quantitative estimate of drug-likeness (QED) is 0.693. The first-order chi connectivity index (χ1) is 10.5. The minimum atomic E-state index is -1.34. The van der Waals surface area contributed by atoms with Crippen LogP contribution >= 0.6 is 0 Å². The van der Waals surface area contributed by atoms with Crippen molar-refractivity contribution in [1.29, 1.82) is 0 Å². The predicted molar refractivity (Wildman–Crippen MR) is 77.3 cm³/mol. The summed E-state index contributed by atoms with van der Waals surface area (Å²) in [5.74, 6) is -2.05. The molecule has 3 unspecified atom stereocenters. The molecule has 0 saturated heterocycles. The molecule has 1 aliphatic rings. The highest BCUT2D eigenvalue weighted by molar-refractivity contribution is 5.77. The van der Waals surface area contributed by atoms with Crippen LogP contribution in [0.15, 0.2) is 29.3 Å². The number of carbonyl (C=O) groups excluding carboxylic acids is 1. The third kappa shape index (κ3) is 2.14. The van der Waals surface area contributed by atoms with Crippen LogP contribution in [0.3, 0.4) is 0 Å². The molecule has 2 heterocycles. The van der Waals surface area contributed by atoms with Crippen molar-refractivity contribution in [2.75, 3.05) is 7.11 Å². The van der Waals surface area contributed by atoms with E-state index in [9.17, 15) is 14.7 Å². The first-order valence-corrected chi connectivity index (χ1v) is 6.95. The van der Waals surface area contributed by atoms with E-state index in [4.69, 9.17) is 4.74 Å². The third-order valence-corrected chi connectivity index (χ3v) is 4.24. The Morgan fingerprint density at radius 2 is 2.27 bits per heavy atom. The van der Waals surface area contributed by atoms with E-state index >= 15 is 0 Å². The molecular formula is C15H17N3O4. The van der Waals surface area contributed by atoms with Crippen LogP contribution in [0.4, 0.5) is 0 Å². The van der Waals surface area contributed by atoms with Crippen molar-refractivity contribution in [3.8, 4) is 0 Å². The number of hydrogen-bond acceptors (Lipinski definition) is 5. The normalized spacial score (nSPS) is 27.2. The predicted octanol–water partition coefficient (Wildman–Crippen LogP) is 0.326. The minimum Gasteiger partial charge on any atom is -0.469 e. The van der Waals surface area contributed by atoms with Crippen molar-refractivity contribution >= 4 is 5.97 Å². The molecule has 0 saturated carbocycles. The van der Waals surface area contributed by atoms with E-state index in [1.807, 2.05) is 0 Å². The summed E-state index contributed by atoms with van der Waals surface area (Å²) in [4.78, 5) is 28.5. The van der Waals surface area contributed by atoms with Crippen molar-refractivity contribution in [3.05, 3.63) is 51.7 Å². The molecule has 0 spiro atoms. The van der Waals surface area contributed by atoms with Gasteiger partial charge in [0.15, 0.2) is 0 Å². The molecule has 0 aromatic carbocycles. The average molecular weight is 303 g/mol. The number of aromatic amines is 2. The fourth-order valence-corrected chi connectivity index (χ4v) is 3.30. The second-order valence-corrected chi connectivity index (χ2v) is 5.77. The molecule has 2 aromatic heterocycles. The van der Waals surface area contributed by atoms with Crippen molar-refractivity contribution in [1.82, 2.24) is 15.2 Å². The third-order valence-electron chi connectivity index (χ3n) is 4.24. The van der Waals surface area contributed by atoms with Gasteiger partial charge in [0.2, 0.25) is 0 Å². The maximum absolute atomic E-state index is 12.3. The van der Waals surface area contributed by atoms with E-state index in [0.717, 1.165) is 0 Å². The summed E-state index contributed by atoms with van der Waals surface area (Å²) in [5, 5.41) is 16.1. The lowest BCUT2D eigenvalue weighted by atomic mass is 9.66. The van der Waals surface area contributed by atoms with Crippen LogP contribution in [0.5, 0.6) is 0 Å². The molecule has 0 fully saturated rings. The lowest BCUT2D eigenvalue weighted by Crippen LogP contribution is -2.49. The standard InChI is InChI=1S/C15H17N3O4/c1-15(21)6-9-11(13(19)18-17-9)10(12(15)14(20)22-2)8-4-3-5-16-7-8/h3-5,7,10,12,21H,6H2,1-2H3,(H2,17,18,19). The zero-order chi connectivity index (χ0) is 15.9. The zero-order valence-electron chi connectivity index (χ0n) is 12.3. The molecule has 116 valence electrons. The number of pyridine rings is 1. The number of carbonyl (C=O) groups is 1. The first-order valence-electron chi connectivity index (χ1n) is 6.95. The van der Waals surface area contributed by atoms with Crippen molar-refractivity contribution in [3.63, 3.8) is 0 Å². The van der Waals surface area contributed by atoms with Crippen LogP contribution in [0.25, 0.3) is 0 Å². The Balaban J connectivity index is 2.25. The first kappa shape index (κ1) is 14.5. The highest BCUT2D eigenvalue weighted by atomic mass is 16.5. The van der Waals surface area contributed by atoms with E-state index in [1.54, 1.807) is 31.5 Å². The number of nitrogens with one attached hydrogen (secondary N) is 2. The Bertz CT molecular complexity index is 748. The number of hydrogen-bond donors (Lipinski definition) is 3. The monoisotopic (exact) mass is 303 g/mol. The number of H-pyrrole nitrogens is 2. The van der Waals surface area contributed by atoms with Crippen LogP contribution in [-0.2, 0) is 16.0 Å². The van der Waals surface area contributed by atoms with E-state index in [2.05, 4.69) is 15.2 Å². The van der Waals surface area contributed by atoms with E-state index < -0.39 is 23.4 Å². The largest absolute Gasteiger partial charge is 0.469 e. The molecule has 22 heavy (non-hydrogen) atoms. The van der Waals surface area contributed by atoms with Crippen LogP contribution < -0.4 is 5.56 Å². The number of rotatable bonds is 2. The number of methoxy groups -OCH3 is 1. The highest BCUT2D eigenvalue weighted by Gasteiger charge is 2.51. The number of nitrogens with zero attached hydrogens (tertiary/aromatic N) is 1. The van der Waals surface area contributed by atoms with Gasteiger partial charge in [0.25, 0.3) is 5.56 Å². The Labute approximate surface area is 126 Å². The van der Waals surface area contributed by atoms with Crippen molar-refractivity contribution in [2.45, 2.75) is 24.9 Å². The molecule has 2 aromatic rings. The summed E-state index contributed by atoms with van der Waals surface area (Å²) in [7, 11) is 1.27. The summed E-state index contributed by atoms with van der Waals surface area (Å²) < 4.78 is 4.87. The molecule has 3 rings (SSSR count). The number of ether oxygens (including phenoxy) is 1. The molecular weight excluding hydrogens is 286 g/mol. The summed E-state index contributed by atoms with van der Waals surface area (Å²) in [5.41, 5.74) is 0.0996. The molecule has 7 heteroatoms. The van der Waals surface area contributed by atoms with E-state index in [1.165, 1.54) is 7.11 Å². The van der Waals surface area contributed by atoms with Crippen LogP contribution in [-0.4, -0.2) is 39.0 Å². The fourth-order valence-electron chi connectivity index (χ4n) is 3.30. The Morgan fingerprint density at radius 3 is 2.91 bits per heavy atom. The number of aromatic nitrogens is 3. The van der Waals surface area contributed by atoms with Gasteiger partial charge in [-0.1, -0.05) is 6.07 Å². The van der Waals surface area contributed by atoms with Gasteiger partial charge in [0.1, 0.15) is 0 Å². The van der Waals surface area contributed by atoms with Gasteiger partial charge in [-0.05, 0) is 18.6 Å². The number of esters is 1. The highest BCUT2D eigenvalue weighted by Crippen LogP contribution is 2.44. The fraction of sp³-hybridized carbons (Fsp3) is 0.400. The number of fused-ring (bicyclic) bond motifs is 1. The van der Waals surface area contributed by atoms with Gasteiger partial charge in [-0.15, -0.1) is 0 Å². The smallest absolute Gasteiger partial charge is 0.312 e. The summed E-state index contributed by atoms with van der Waals surface area (Å²) in [6, 6.07) is 3.51. The number of aliphatic hydroxyl groups is 1. The molecule has 3 N–H and O–H groups in total. The van der Waals surface area contributed by atoms with E-state index in [0.29, 0.717) is 16.8 Å². The topological polar surface area (TPSA) is 108 Å². The lowest BCUT2D eigenvalue weighted by molar-refractivity contribution is -0.156.